The minimum atomic E-state index is -0.325. The van der Waals surface area contributed by atoms with E-state index in [4.69, 9.17) is 0 Å². The summed E-state index contributed by atoms with van der Waals surface area (Å²) in [6.45, 7) is 11.7. The van der Waals surface area contributed by atoms with Gasteiger partial charge in [0.05, 0.1) is 5.41 Å². The molecule has 1 N–H and O–H groups in total. The number of aromatic nitrogens is 1. The summed E-state index contributed by atoms with van der Waals surface area (Å²) in [6.07, 6.45) is 6.27. The van der Waals surface area contributed by atoms with Gasteiger partial charge in [-0.25, -0.2) is 0 Å². The summed E-state index contributed by atoms with van der Waals surface area (Å²) in [7, 11) is 0. The molecular weight excluding hydrogens is 358 g/mol. The number of nitrogens with one attached hydrogen (secondary N) is 1. The van der Waals surface area contributed by atoms with Crippen LogP contribution in [0.2, 0.25) is 0 Å². The second-order valence-electron chi connectivity index (χ2n) is 9.22. The smallest absolute Gasteiger partial charge is 0.226 e. The van der Waals surface area contributed by atoms with Crippen molar-refractivity contribution in [3.05, 3.63) is 54.4 Å². The Labute approximate surface area is 175 Å². The Morgan fingerprint density at radius 1 is 1.07 bits per heavy atom. The molecule has 0 saturated carbocycles. The summed E-state index contributed by atoms with van der Waals surface area (Å²) >= 11 is 0. The zero-order valence-corrected chi connectivity index (χ0v) is 18.3. The first kappa shape index (κ1) is 21.5. The van der Waals surface area contributed by atoms with Gasteiger partial charge in [0, 0.05) is 25.0 Å². The van der Waals surface area contributed by atoms with Crippen LogP contribution in [0.4, 0.5) is 0 Å². The van der Waals surface area contributed by atoms with Gasteiger partial charge in [0.2, 0.25) is 5.91 Å². The van der Waals surface area contributed by atoms with E-state index in [2.05, 4.69) is 53.3 Å². The molecule has 0 bridgehead atoms. The fourth-order valence-corrected chi connectivity index (χ4v) is 4.38. The van der Waals surface area contributed by atoms with Crippen LogP contribution >= 0.6 is 0 Å². The quantitative estimate of drug-likeness (QED) is 0.750. The average molecular weight is 394 g/mol. The maximum absolute atomic E-state index is 13.3. The number of piperidine rings is 1. The summed E-state index contributed by atoms with van der Waals surface area (Å²) in [5.74, 6) is 0.870. The summed E-state index contributed by atoms with van der Waals surface area (Å²) in [6, 6.07) is 12.9. The Balaban J connectivity index is 1.82. The zero-order chi connectivity index (χ0) is 20.9. The number of carbonyl (C=O) groups is 1. The Bertz CT molecular complexity index is 793. The molecule has 156 valence electrons. The van der Waals surface area contributed by atoms with Crippen molar-refractivity contribution in [2.75, 3.05) is 19.6 Å². The number of hydrogen-bond donors (Lipinski definition) is 1. The van der Waals surface area contributed by atoms with Gasteiger partial charge in [-0.2, -0.15) is 0 Å². The van der Waals surface area contributed by atoms with E-state index < -0.39 is 0 Å². The summed E-state index contributed by atoms with van der Waals surface area (Å²) in [5.41, 5.74) is 3.25. The molecule has 1 aliphatic rings. The first-order chi connectivity index (χ1) is 13.9. The molecule has 0 unspecified atom stereocenters. The largest absolute Gasteiger partial charge is 0.353 e. The second kappa shape index (κ2) is 9.53. The molecule has 1 aromatic heterocycles. The van der Waals surface area contributed by atoms with E-state index in [0.717, 1.165) is 44.5 Å². The predicted molar refractivity (Wildman–Crippen MR) is 120 cm³/mol. The van der Waals surface area contributed by atoms with E-state index in [1.54, 1.807) is 0 Å². The molecule has 3 rings (SSSR count). The van der Waals surface area contributed by atoms with E-state index in [0.29, 0.717) is 5.92 Å². The van der Waals surface area contributed by atoms with Crippen LogP contribution in [-0.4, -0.2) is 41.5 Å². The van der Waals surface area contributed by atoms with E-state index in [9.17, 15) is 4.79 Å². The highest BCUT2D eigenvalue weighted by atomic mass is 16.2. The minimum absolute atomic E-state index is 0.163. The minimum Gasteiger partial charge on any atom is -0.353 e. The van der Waals surface area contributed by atoms with Crippen LogP contribution in [0, 0.1) is 11.3 Å². The predicted octanol–water partition coefficient (Wildman–Crippen LogP) is 4.55. The molecule has 2 heterocycles. The Hall–Kier alpha value is -2.20. The van der Waals surface area contributed by atoms with Gasteiger partial charge < -0.3 is 10.2 Å². The van der Waals surface area contributed by atoms with Crippen molar-refractivity contribution >= 4 is 5.91 Å². The fraction of sp³-hybridized carbons (Fsp3) is 0.520. The lowest BCUT2D eigenvalue weighted by atomic mass is 9.72. The van der Waals surface area contributed by atoms with Crippen LogP contribution in [0.5, 0.6) is 0 Å². The third kappa shape index (κ3) is 5.66. The zero-order valence-electron chi connectivity index (χ0n) is 18.3. The topological polar surface area (TPSA) is 45.2 Å². The van der Waals surface area contributed by atoms with Crippen LogP contribution in [-0.2, 0) is 11.2 Å². The van der Waals surface area contributed by atoms with Crippen molar-refractivity contribution < 1.29 is 4.79 Å². The standard InChI is InChI=1S/C25H35N3O/c1-19(2)18-28-14-10-25(11-15-28,24(29)27-20(3)4)17-21-6-5-7-23(16-21)22-8-12-26-13-9-22/h5-9,12-13,16,19-20H,10-11,14-15,17-18H2,1-4H3,(H,27,29). The highest BCUT2D eigenvalue weighted by Gasteiger charge is 2.41. The molecule has 0 atom stereocenters. The van der Waals surface area contributed by atoms with Crippen LogP contribution in [0.25, 0.3) is 11.1 Å². The summed E-state index contributed by atoms with van der Waals surface area (Å²) in [5, 5.41) is 3.21. The second-order valence-corrected chi connectivity index (χ2v) is 9.22. The number of likely N-dealkylation sites (tertiary alicyclic amines) is 1. The molecular formula is C25H35N3O. The van der Waals surface area contributed by atoms with Crippen molar-refractivity contribution in [1.29, 1.82) is 0 Å². The molecule has 29 heavy (non-hydrogen) atoms. The van der Waals surface area contributed by atoms with Crippen LogP contribution in [0.1, 0.15) is 46.1 Å². The van der Waals surface area contributed by atoms with Crippen molar-refractivity contribution in [2.45, 2.75) is 53.0 Å². The highest BCUT2D eigenvalue weighted by Crippen LogP contribution is 2.37. The monoisotopic (exact) mass is 393 g/mol. The van der Waals surface area contributed by atoms with Crippen molar-refractivity contribution in [3.63, 3.8) is 0 Å². The van der Waals surface area contributed by atoms with Crippen LogP contribution in [0.15, 0.2) is 48.8 Å². The maximum atomic E-state index is 13.3. The van der Waals surface area contributed by atoms with E-state index in [1.165, 1.54) is 11.1 Å². The Morgan fingerprint density at radius 2 is 1.76 bits per heavy atom. The molecule has 1 aliphatic heterocycles. The van der Waals surface area contributed by atoms with Crippen molar-refractivity contribution in [1.82, 2.24) is 15.2 Å². The molecule has 2 aromatic rings. The molecule has 1 amide bonds. The number of nitrogens with zero attached hydrogens (tertiary/aromatic N) is 2. The van der Waals surface area contributed by atoms with Gasteiger partial charge in [-0.3, -0.25) is 9.78 Å². The van der Waals surface area contributed by atoms with E-state index in [-0.39, 0.29) is 17.4 Å². The van der Waals surface area contributed by atoms with Crippen LogP contribution < -0.4 is 5.32 Å². The molecule has 4 nitrogen and oxygen atoms in total. The highest BCUT2D eigenvalue weighted by molar-refractivity contribution is 5.83. The maximum Gasteiger partial charge on any atom is 0.226 e. The van der Waals surface area contributed by atoms with E-state index >= 15 is 0 Å². The number of hydrogen-bond acceptors (Lipinski definition) is 3. The lowest BCUT2D eigenvalue weighted by Crippen LogP contribution is -2.51. The third-order valence-corrected chi connectivity index (χ3v) is 5.82. The number of rotatable bonds is 7. The number of carbonyl (C=O) groups excluding carboxylic acids is 1. The van der Waals surface area contributed by atoms with Gasteiger partial charge >= 0.3 is 0 Å². The van der Waals surface area contributed by atoms with Crippen LogP contribution in [0.3, 0.4) is 0 Å². The summed E-state index contributed by atoms with van der Waals surface area (Å²) < 4.78 is 0. The number of benzene rings is 1. The third-order valence-electron chi connectivity index (χ3n) is 5.82. The summed E-state index contributed by atoms with van der Waals surface area (Å²) in [4.78, 5) is 19.9. The molecule has 1 aromatic carbocycles. The Kier molecular flexibility index (Phi) is 7.07. The molecule has 0 spiro atoms. The van der Waals surface area contributed by atoms with Gasteiger partial charge in [-0.1, -0.05) is 38.1 Å². The van der Waals surface area contributed by atoms with Gasteiger partial charge in [-0.05, 0) is 80.9 Å². The van der Waals surface area contributed by atoms with Gasteiger partial charge in [-0.15, -0.1) is 0 Å². The molecule has 0 aliphatic carbocycles. The van der Waals surface area contributed by atoms with Gasteiger partial charge in [0.15, 0.2) is 0 Å². The van der Waals surface area contributed by atoms with Gasteiger partial charge in [0.25, 0.3) is 0 Å². The van der Waals surface area contributed by atoms with Gasteiger partial charge in [0.1, 0.15) is 0 Å². The van der Waals surface area contributed by atoms with Crippen molar-refractivity contribution in [3.8, 4) is 11.1 Å². The molecule has 1 fully saturated rings. The normalized spacial score (nSPS) is 16.9. The molecule has 0 radical (unpaired) electrons. The lowest BCUT2D eigenvalue weighted by Gasteiger charge is -2.41. The number of amides is 1. The average Bonchev–Trinajstić information content (AvgIpc) is 2.69. The SMILES string of the molecule is CC(C)CN1CCC(Cc2cccc(-c3ccncc3)c2)(C(=O)NC(C)C)CC1. The first-order valence-electron chi connectivity index (χ1n) is 10.9. The lowest BCUT2D eigenvalue weighted by molar-refractivity contribution is -0.134. The molecule has 4 heteroatoms. The first-order valence-corrected chi connectivity index (χ1v) is 10.9. The van der Waals surface area contributed by atoms with Crippen molar-refractivity contribution in [2.24, 2.45) is 11.3 Å². The van der Waals surface area contributed by atoms with E-state index in [1.807, 2.05) is 38.4 Å². The molecule has 1 saturated heterocycles. The Morgan fingerprint density at radius 3 is 2.38 bits per heavy atom. The number of pyridine rings is 1. The fourth-order valence-electron chi connectivity index (χ4n) is 4.38.